The second-order valence-corrected chi connectivity index (χ2v) is 5.95. The Hall–Kier alpha value is -1.03. The Bertz CT molecular complexity index is 434. The van der Waals surface area contributed by atoms with Gasteiger partial charge in [0.15, 0.2) is 0 Å². The van der Waals surface area contributed by atoms with Crippen LogP contribution in [0.2, 0.25) is 0 Å². The Morgan fingerprint density at radius 2 is 1.75 bits per heavy atom. The third-order valence-electron chi connectivity index (χ3n) is 4.56. The summed E-state index contributed by atoms with van der Waals surface area (Å²) >= 11 is 0. The average molecular weight is 285 g/mol. The van der Waals surface area contributed by atoms with E-state index in [0.29, 0.717) is 12.8 Å². The minimum atomic E-state index is -4.04. The van der Waals surface area contributed by atoms with E-state index in [9.17, 15) is 13.2 Å². The van der Waals surface area contributed by atoms with Gasteiger partial charge in [0.1, 0.15) is 0 Å². The highest BCUT2D eigenvalue weighted by atomic mass is 19.4. The fourth-order valence-electron chi connectivity index (χ4n) is 3.13. The van der Waals surface area contributed by atoms with E-state index >= 15 is 0 Å². The normalized spacial score (nSPS) is 25.4. The number of aryl methyl sites for hydroxylation is 1. The molecule has 1 saturated carbocycles. The molecule has 1 unspecified atom stereocenters. The van der Waals surface area contributed by atoms with Crippen LogP contribution in [0.5, 0.6) is 0 Å². The number of alkyl halides is 3. The largest absolute Gasteiger partial charge is 0.391 e. The third kappa shape index (κ3) is 3.75. The lowest BCUT2D eigenvalue weighted by Crippen LogP contribution is -2.37. The van der Waals surface area contributed by atoms with Crippen molar-refractivity contribution in [2.75, 3.05) is 0 Å². The van der Waals surface area contributed by atoms with Gasteiger partial charge in [0.05, 0.1) is 5.92 Å². The van der Waals surface area contributed by atoms with Crippen molar-refractivity contribution in [2.45, 2.75) is 51.2 Å². The summed E-state index contributed by atoms with van der Waals surface area (Å²) in [6, 6.07) is 8.03. The predicted molar refractivity (Wildman–Crippen MR) is 74.4 cm³/mol. The molecule has 20 heavy (non-hydrogen) atoms. The molecule has 4 heteroatoms. The van der Waals surface area contributed by atoms with Gasteiger partial charge >= 0.3 is 6.18 Å². The van der Waals surface area contributed by atoms with E-state index in [1.165, 1.54) is 11.1 Å². The summed E-state index contributed by atoms with van der Waals surface area (Å²) in [7, 11) is 0. The zero-order valence-electron chi connectivity index (χ0n) is 11.8. The molecule has 1 nitrogen and oxygen atoms in total. The first-order valence-electron chi connectivity index (χ1n) is 7.24. The Morgan fingerprint density at radius 3 is 2.30 bits per heavy atom. The standard InChI is InChI=1S/C16H22F3N/c1-11-4-2-3-5-13(11)10-15(20)12-6-8-14(9-7-12)16(17,18)19/h2-5,12,14-15H,6-10,20H2,1H3. The molecule has 2 N–H and O–H groups in total. The highest BCUT2D eigenvalue weighted by molar-refractivity contribution is 5.26. The Balaban J connectivity index is 1.89. The zero-order valence-corrected chi connectivity index (χ0v) is 11.8. The molecule has 2 rings (SSSR count). The lowest BCUT2D eigenvalue weighted by molar-refractivity contribution is -0.184. The van der Waals surface area contributed by atoms with Gasteiger partial charge in [-0.3, -0.25) is 0 Å². The molecule has 0 radical (unpaired) electrons. The molecule has 0 spiro atoms. The average Bonchev–Trinajstić information content (AvgIpc) is 2.40. The van der Waals surface area contributed by atoms with Crippen LogP contribution in [0, 0.1) is 18.8 Å². The molecular weight excluding hydrogens is 263 g/mol. The smallest absolute Gasteiger partial charge is 0.327 e. The maximum Gasteiger partial charge on any atom is 0.391 e. The van der Waals surface area contributed by atoms with Crippen LogP contribution in [0.15, 0.2) is 24.3 Å². The van der Waals surface area contributed by atoms with Crippen LogP contribution in [0.3, 0.4) is 0 Å². The van der Waals surface area contributed by atoms with Gasteiger partial charge in [-0.05, 0) is 56.1 Å². The topological polar surface area (TPSA) is 26.0 Å². The molecule has 1 atom stereocenters. The summed E-state index contributed by atoms with van der Waals surface area (Å²) in [4.78, 5) is 0. The summed E-state index contributed by atoms with van der Waals surface area (Å²) in [5, 5.41) is 0. The fraction of sp³-hybridized carbons (Fsp3) is 0.625. The Labute approximate surface area is 118 Å². The zero-order chi connectivity index (χ0) is 14.8. The first-order chi connectivity index (χ1) is 9.38. The van der Waals surface area contributed by atoms with Crippen LogP contribution in [-0.2, 0) is 6.42 Å². The van der Waals surface area contributed by atoms with Gasteiger partial charge < -0.3 is 5.73 Å². The molecule has 0 bridgehead atoms. The molecule has 1 aliphatic rings. The molecular formula is C16H22F3N. The van der Waals surface area contributed by atoms with Crippen LogP contribution in [0.1, 0.15) is 36.8 Å². The van der Waals surface area contributed by atoms with E-state index in [4.69, 9.17) is 5.73 Å². The number of rotatable bonds is 3. The second-order valence-electron chi connectivity index (χ2n) is 5.95. The van der Waals surface area contributed by atoms with Crippen LogP contribution < -0.4 is 5.73 Å². The number of nitrogens with two attached hydrogens (primary N) is 1. The quantitative estimate of drug-likeness (QED) is 0.883. The summed E-state index contributed by atoms with van der Waals surface area (Å²) in [6.45, 7) is 2.04. The maximum atomic E-state index is 12.6. The number of hydrogen-bond donors (Lipinski definition) is 1. The van der Waals surface area contributed by atoms with E-state index in [2.05, 4.69) is 6.07 Å². The van der Waals surface area contributed by atoms with Gasteiger partial charge in [0, 0.05) is 6.04 Å². The molecule has 0 aromatic heterocycles. The van der Waals surface area contributed by atoms with Gasteiger partial charge in [0.25, 0.3) is 0 Å². The highest BCUT2D eigenvalue weighted by Crippen LogP contribution is 2.40. The van der Waals surface area contributed by atoms with Gasteiger partial charge in [-0.2, -0.15) is 13.2 Å². The van der Waals surface area contributed by atoms with Crippen molar-refractivity contribution < 1.29 is 13.2 Å². The van der Waals surface area contributed by atoms with E-state index in [1.54, 1.807) is 0 Å². The molecule has 1 aliphatic carbocycles. The maximum absolute atomic E-state index is 12.6. The number of hydrogen-bond acceptors (Lipinski definition) is 1. The van der Waals surface area contributed by atoms with E-state index in [-0.39, 0.29) is 24.8 Å². The Kier molecular flexibility index (Phi) is 4.74. The molecule has 0 heterocycles. The molecule has 1 fully saturated rings. The van der Waals surface area contributed by atoms with E-state index < -0.39 is 12.1 Å². The third-order valence-corrected chi connectivity index (χ3v) is 4.56. The molecule has 0 amide bonds. The van der Waals surface area contributed by atoms with Crippen LogP contribution in [0.25, 0.3) is 0 Å². The summed E-state index contributed by atoms with van der Waals surface area (Å²) < 4.78 is 37.9. The molecule has 1 aromatic carbocycles. The van der Waals surface area contributed by atoms with E-state index in [1.807, 2.05) is 25.1 Å². The van der Waals surface area contributed by atoms with Crippen molar-refractivity contribution in [1.82, 2.24) is 0 Å². The fourth-order valence-corrected chi connectivity index (χ4v) is 3.13. The lowest BCUT2D eigenvalue weighted by atomic mass is 9.77. The Morgan fingerprint density at radius 1 is 1.15 bits per heavy atom. The van der Waals surface area contributed by atoms with Crippen molar-refractivity contribution in [3.63, 3.8) is 0 Å². The molecule has 0 saturated heterocycles. The monoisotopic (exact) mass is 285 g/mol. The van der Waals surface area contributed by atoms with Crippen LogP contribution >= 0.6 is 0 Å². The molecule has 1 aromatic rings. The van der Waals surface area contributed by atoms with Crippen molar-refractivity contribution >= 4 is 0 Å². The minimum absolute atomic E-state index is 0.0368. The van der Waals surface area contributed by atoms with Gasteiger partial charge in [-0.25, -0.2) is 0 Å². The number of benzene rings is 1. The van der Waals surface area contributed by atoms with Gasteiger partial charge in [0.2, 0.25) is 0 Å². The van der Waals surface area contributed by atoms with Crippen molar-refractivity contribution in [1.29, 1.82) is 0 Å². The predicted octanol–water partition coefficient (Wildman–Crippen LogP) is 4.23. The highest BCUT2D eigenvalue weighted by Gasteiger charge is 2.42. The van der Waals surface area contributed by atoms with Crippen molar-refractivity contribution in [3.05, 3.63) is 35.4 Å². The lowest BCUT2D eigenvalue weighted by Gasteiger charge is -2.33. The molecule has 112 valence electrons. The first kappa shape index (κ1) is 15.4. The van der Waals surface area contributed by atoms with Crippen LogP contribution in [0.4, 0.5) is 13.2 Å². The van der Waals surface area contributed by atoms with Gasteiger partial charge in [-0.1, -0.05) is 24.3 Å². The second kappa shape index (κ2) is 6.17. The van der Waals surface area contributed by atoms with Crippen molar-refractivity contribution in [3.8, 4) is 0 Å². The van der Waals surface area contributed by atoms with E-state index in [0.717, 1.165) is 6.42 Å². The molecule has 0 aliphatic heterocycles. The van der Waals surface area contributed by atoms with Crippen LogP contribution in [-0.4, -0.2) is 12.2 Å². The SMILES string of the molecule is Cc1ccccc1CC(N)C1CCC(C(F)(F)F)CC1. The minimum Gasteiger partial charge on any atom is -0.327 e. The summed E-state index contributed by atoms with van der Waals surface area (Å²) in [6.07, 6.45) is -1.63. The summed E-state index contributed by atoms with van der Waals surface area (Å²) in [5.41, 5.74) is 8.63. The van der Waals surface area contributed by atoms with Gasteiger partial charge in [-0.15, -0.1) is 0 Å². The first-order valence-corrected chi connectivity index (χ1v) is 7.24. The van der Waals surface area contributed by atoms with Crippen molar-refractivity contribution in [2.24, 2.45) is 17.6 Å². The number of halogens is 3. The summed E-state index contributed by atoms with van der Waals surface area (Å²) in [5.74, 6) is -0.905.